The fourth-order valence-corrected chi connectivity index (χ4v) is 3.21. The summed E-state index contributed by atoms with van der Waals surface area (Å²) in [6.07, 6.45) is 0. The number of benzene rings is 1. The van der Waals surface area contributed by atoms with Gasteiger partial charge in [0.15, 0.2) is 0 Å². The molecule has 0 spiro atoms. The first kappa shape index (κ1) is 11.8. The lowest BCUT2D eigenvalue weighted by Gasteiger charge is -2.30. The molecule has 2 nitrogen and oxygen atoms in total. The zero-order chi connectivity index (χ0) is 11.5. The number of nitrogens with two attached hydrogens (primary N) is 1. The number of aryl methyl sites for hydroxylation is 1. The van der Waals surface area contributed by atoms with Crippen molar-refractivity contribution >= 4 is 17.4 Å². The van der Waals surface area contributed by atoms with Gasteiger partial charge in [-0.1, -0.05) is 19.1 Å². The van der Waals surface area contributed by atoms with Crippen molar-refractivity contribution in [2.75, 3.05) is 24.6 Å². The van der Waals surface area contributed by atoms with Crippen molar-refractivity contribution in [2.24, 2.45) is 0 Å². The topological polar surface area (TPSA) is 29.3 Å². The second-order valence-corrected chi connectivity index (χ2v) is 6.15. The van der Waals surface area contributed by atoms with E-state index in [-0.39, 0.29) is 0 Å². The summed E-state index contributed by atoms with van der Waals surface area (Å²) < 4.78 is 0. The third kappa shape index (κ3) is 2.92. The van der Waals surface area contributed by atoms with Crippen molar-refractivity contribution in [1.82, 2.24) is 4.90 Å². The Morgan fingerprint density at radius 2 is 2.31 bits per heavy atom. The number of hydrogen-bond donors (Lipinski definition) is 1. The third-order valence-electron chi connectivity index (χ3n) is 3.07. The van der Waals surface area contributed by atoms with Crippen LogP contribution in [0.3, 0.4) is 0 Å². The van der Waals surface area contributed by atoms with Gasteiger partial charge in [0.25, 0.3) is 0 Å². The van der Waals surface area contributed by atoms with E-state index in [9.17, 15) is 0 Å². The van der Waals surface area contributed by atoms with E-state index in [0.717, 1.165) is 17.5 Å². The van der Waals surface area contributed by atoms with Gasteiger partial charge in [-0.05, 0) is 24.1 Å². The van der Waals surface area contributed by atoms with Crippen LogP contribution in [0.2, 0.25) is 0 Å². The monoisotopic (exact) mass is 236 g/mol. The van der Waals surface area contributed by atoms with Crippen LogP contribution in [0.25, 0.3) is 0 Å². The average molecular weight is 236 g/mol. The van der Waals surface area contributed by atoms with Gasteiger partial charge in [-0.25, -0.2) is 0 Å². The molecule has 1 atom stereocenters. The smallest absolute Gasteiger partial charge is 0.0343 e. The zero-order valence-corrected chi connectivity index (χ0v) is 10.9. The van der Waals surface area contributed by atoms with Crippen LogP contribution in [0.5, 0.6) is 0 Å². The molecule has 0 radical (unpaired) electrons. The Morgan fingerprint density at radius 3 is 3.00 bits per heavy atom. The summed E-state index contributed by atoms with van der Waals surface area (Å²) in [6.45, 7) is 7.86. The lowest BCUT2D eigenvalue weighted by Crippen LogP contribution is -2.36. The van der Waals surface area contributed by atoms with Crippen LogP contribution in [0, 0.1) is 6.92 Å². The second kappa shape index (κ2) is 5.11. The molecule has 2 rings (SSSR count). The quantitative estimate of drug-likeness (QED) is 0.800. The number of nitrogen functional groups attached to an aromatic ring is 1. The van der Waals surface area contributed by atoms with Gasteiger partial charge in [0.2, 0.25) is 0 Å². The molecule has 0 aliphatic carbocycles. The summed E-state index contributed by atoms with van der Waals surface area (Å²) in [5.41, 5.74) is 9.29. The summed E-state index contributed by atoms with van der Waals surface area (Å²) in [5, 5.41) is 0.767. The molecule has 1 aromatic rings. The van der Waals surface area contributed by atoms with E-state index in [1.165, 1.54) is 30.0 Å². The summed E-state index contributed by atoms with van der Waals surface area (Å²) in [6, 6.07) is 6.38. The van der Waals surface area contributed by atoms with Crippen LogP contribution >= 0.6 is 11.8 Å². The van der Waals surface area contributed by atoms with Crippen molar-refractivity contribution in [3.05, 3.63) is 29.3 Å². The molecule has 1 heterocycles. The van der Waals surface area contributed by atoms with Crippen LogP contribution < -0.4 is 5.73 Å². The first-order valence-electron chi connectivity index (χ1n) is 5.84. The van der Waals surface area contributed by atoms with Gasteiger partial charge in [0, 0.05) is 36.3 Å². The van der Waals surface area contributed by atoms with Gasteiger partial charge in [0.05, 0.1) is 0 Å². The standard InChI is InChI=1S/C13H20N2S/c1-10-7-12(3-4-13(10)14)9-15-5-6-16-11(2)8-15/h3-4,7,11H,5-6,8-9,14H2,1-2H3. The molecule has 0 bridgehead atoms. The molecule has 0 saturated carbocycles. The van der Waals surface area contributed by atoms with Crippen molar-refractivity contribution in [3.63, 3.8) is 0 Å². The van der Waals surface area contributed by atoms with E-state index in [1.54, 1.807) is 0 Å². The third-order valence-corrected chi connectivity index (χ3v) is 4.20. The highest BCUT2D eigenvalue weighted by Crippen LogP contribution is 2.20. The van der Waals surface area contributed by atoms with Gasteiger partial charge in [0.1, 0.15) is 0 Å². The first-order chi connectivity index (χ1) is 7.65. The van der Waals surface area contributed by atoms with E-state index in [0.29, 0.717) is 0 Å². The normalized spacial score (nSPS) is 22.2. The summed E-state index contributed by atoms with van der Waals surface area (Å²) in [7, 11) is 0. The minimum absolute atomic E-state index is 0.767. The highest BCUT2D eigenvalue weighted by Gasteiger charge is 2.16. The van der Waals surface area contributed by atoms with Crippen molar-refractivity contribution in [3.8, 4) is 0 Å². The van der Waals surface area contributed by atoms with Crippen LogP contribution in [0.4, 0.5) is 5.69 Å². The molecule has 2 N–H and O–H groups in total. The molecular weight excluding hydrogens is 216 g/mol. The average Bonchev–Trinajstić information content (AvgIpc) is 2.24. The number of thioether (sulfide) groups is 1. The molecule has 1 aliphatic heterocycles. The number of rotatable bonds is 2. The predicted octanol–water partition coefficient (Wildman–Crippen LogP) is 2.51. The van der Waals surface area contributed by atoms with Gasteiger partial charge < -0.3 is 5.73 Å². The Morgan fingerprint density at radius 1 is 1.50 bits per heavy atom. The van der Waals surface area contributed by atoms with Crippen LogP contribution in [0.1, 0.15) is 18.1 Å². The fourth-order valence-electron chi connectivity index (χ4n) is 2.13. The van der Waals surface area contributed by atoms with Crippen molar-refractivity contribution in [2.45, 2.75) is 25.6 Å². The minimum Gasteiger partial charge on any atom is -0.399 e. The van der Waals surface area contributed by atoms with Crippen LogP contribution in [-0.4, -0.2) is 29.0 Å². The SMILES string of the molecule is Cc1cc(CN2CCSC(C)C2)ccc1N. The molecule has 0 aromatic heterocycles. The Kier molecular flexibility index (Phi) is 3.77. The Labute approximate surface area is 102 Å². The highest BCUT2D eigenvalue weighted by atomic mass is 32.2. The summed E-state index contributed by atoms with van der Waals surface area (Å²) >= 11 is 2.08. The predicted molar refractivity (Wildman–Crippen MR) is 72.8 cm³/mol. The van der Waals surface area contributed by atoms with Crippen molar-refractivity contribution < 1.29 is 0 Å². The minimum atomic E-state index is 0.767. The Balaban J connectivity index is 2.00. The van der Waals surface area contributed by atoms with Crippen molar-refractivity contribution in [1.29, 1.82) is 0 Å². The summed E-state index contributed by atoms with van der Waals surface area (Å²) in [4.78, 5) is 2.53. The largest absolute Gasteiger partial charge is 0.399 e. The number of anilines is 1. The van der Waals surface area contributed by atoms with Gasteiger partial charge in [-0.3, -0.25) is 4.90 Å². The number of hydrogen-bond acceptors (Lipinski definition) is 3. The van der Waals surface area contributed by atoms with Gasteiger partial charge >= 0.3 is 0 Å². The molecular formula is C13H20N2S. The Bertz CT molecular complexity index is 365. The molecule has 0 amide bonds. The molecule has 3 heteroatoms. The Hall–Kier alpha value is -0.670. The van der Waals surface area contributed by atoms with Gasteiger partial charge in [-0.2, -0.15) is 11.8 Å². The molecule has 1 unspecified atom stereocenters. The van der Waals surface area contributed by atoms with Crippen LogP contribution in [-0.2, 0) is 6.54 Å². The number of nitrogens with zero attached hydrogens (tertiary/aromatic N) is 1. The highest BCUT2D eigenvalue weighted by molar-refractivity contribution is 7.99. The zero-order valence-electron chi connectivity index (χ0n) is 10.1. The second-order valence-electron chi connectivity index (χ2n) is 4.61. The van der Waals surface area contributed by atoms with Gasteiger partial charge in [-0.15, -0.1) is 0 Å². The van der Waals surface area contributed by atoms with E-state index in [4.69, 9.17) is 5.73 Å². The molecule has 1 saturated heterocycles. The van der Waals surface area contributed by atoms with E-state index in [2.05, 4.69) is 42.6 Å². The first-order valence-corrected chi connectivity index (χ1v) is 6.89. The molecule has 16 heavy (non-hydrogen) atoms. The fraction of sp³-hybridized carbons (Fsp3) is 0.538. The maximum Gasteiger partial charge on any atom is 0.0343 e. The molecule has 1 aliphatic rings. The molecule has 1 fully saturated rings. The van der Waals surface area contributed by atoms with Crippen LogP contribution in [0.15, 0.2) is 18.2 Å². The summed E-state index contributed by atoms with van der Waals surface area (Å²) in [5.74, 6) is 1.26. The molecule has 88 valence electrons. The molecule has 1 aromatic carbocycles. The maximum atomic E-state index is 5.83. The van der Waals surface area contributed by atoms with E-state index >= 15 is 0 Å². The van der Waals surface area contributed by atoms with E-state index in [1.807, 2.05) is 6.07 Å². The lowest BCUT2D eigenvalue weighted by atomic mass is 10.1. The lowest BCUT2D eigenvalue weighted by molar-refractivity contribution is 0.278. The van der Waals surface area contributed by atoms with E-state index < -0.39 is 0 Å². The maximum absolute atomic E-state index is 5.83.